The van der Waals surface area contributed by atoms with E-state index in [0.717, 1.165) is 25.3 Å². The maximum Gasteiger partial charge on any atom is 0.0547 e. The Balaban J connectivity index is 1.98. The van der Waals surface area contributed by atoms with Gasteiger partial charge in [0.05, 0.1) is 5.69 Å². The van der Waals surface area contributed by atoms with Gasteiger partial charge in [0.15, 0.2) is 0 Å². The number of nitrogens with zero attached hydrogens (tertiary/aromatic N) is 2. The topological polar surface area (TPSA) is 28.2 Å². The number of hydrogen-bond donors (Lipinski definition) is 1. The number of rotatable bonds is 2. The van der Waals surface area contributed by atoms with Gasteiger partial charge in [0, 0.05) is 37.4 Å². The molecule has 1 aliphatic heterocycles. The monoisotopic (exact) mass is 219 g/mol. The van der Waals surface area contributed by atoms with Crippen molar-refractivity contribution in [3.05, 3.63) is 29.6 Å². The van der Waals surface area contributed by atoms with E-state index in [-0.39, 0.29) is 0 Å². The minimum Gasteiger partial charge on any atom is -0.309 e. The molecule has 3 nitrogen and oxygen atoms in total. The third-order valence-electron chi connectivity index (χ3n) is 2.96. The second-order valence-corrected chi connectivity index (χ2v) is 4.93. The van der Waals surface area contributed by atoms with Crippen molar-refractivity contribution in [2.75, 3.05) is 13.1 Å². The first-order valence-corrected chi connectivity index (χ1v) is 6.04. The lowest BCUT2D eigenvalue weighted by atomic mass is 10.1. The van der Waals surface area contributed by atoms with Gasteiger partial charge in [-0.1, -0.05) is 6.07 Å². The summed E-state index contributed by atoms with van der Waals surface area (Å²) in [6.45, 7) is 9.73. The van der Waals surface area contributed by atoms with Gasteiger partial charge >= 0.3 is 0 Å². The average Bonchev–Trinajstić information content (AvgIpc) is 2.15. The summed E-state index contributed by atoms with van der Waals surface area (Å²) in [5, 5.41) is 3.54. The highest BCUT2D eigenvalue weighted by Crippen LogP contribution is 2.09. The second kappa shape index (κ2) is 4.93. The molecule has 2 rings (SSSR count). The van der Waals surface area contributed by atoms with Crippen LogP contribution in [0.2, 0.25) is 0 Å². The molecule has 0 aliphatic carbocycles. The molecule has 16 heavy (non-hydrogen) atoms. The van der Waals surface area contributed by atoms with Crippen LogP contribution in [0.25, 0.3) is 0 Å². The van der Waals surface area contributed by atoms with E-state index in [1.54, 1.807) is 0 Å². The third kappa shape index (κ3) is 3.03. The summed E-state index contributed by atoms with van der Waals surface area (Å²) in [5.41, 5.74) is 2.29. The summed E-state index contributed by atoms with van der Waals surface area (Å²) < 4.78 is 0. The standard InChI is InChI=1S/C13H21N3/c1-10-5-4-6-13(15-10)9-16-7-11(2)14-12(3)8-16/h4-6,11-12,14H,7-9H2,1-3H3. The molecule has 2 atom stereocenters. The fourth-order valence-electron chi connectivity index (χ4n) is 2.49. The van der Waals surface area contributed by atoms with Crippen LogP contribution in [0, 0.1) is 6.92 Å². The van der Waals surface area contributed by atoms with Crippen molar-refractivity contribution in [3.63, 3.8) is 0 Å². The second-order valence-electron chi connectivity index (χ2n) is 4.93. The first-order chi connectivity index (χ1) is 7.63. The molecule has 1 aromatic rings. The van der Waals surface area contributed by atoms with E-state index >= 15 is 0 Å². The quantitative estimate of drug-likeness (QED) is 0.818. The Bertz CT molecular complexity index is 341. The van der Waals surface area contributed by atoms with E-state index in [1.165, 1.54) is 5.69 Å². The van der Waals surface area contributed by atoms with Crippen molar-refractivity contribution >= 4 is 0 Å². The zero-order chi connectivity index (χ0) is 11.5. The van der Waals surface area contributed by atoms with Crippen LogP contribution in [0.5, 0.6) is 0 Å². The Hall–Kier alpha value is -0.930. The van der Waals surface area contributed by atoms with Crippen LogP contribution in [-0.4, -0.2) is 35.1 Å². The van der Waals surface area contributed by atoms with Gasteiger partial charge in [-0.05, 0) is 32.9 Å². The van der Waals surface area contributed by atoms with Gasteiger partial charge in [-0.15, -0.1) is 0 Å². The zero-order valence-corrected chi connectivity index (χ0v) is 10.4. The molecule has 1 aromatic heterocycles. The molecule has 2 heterocycles. The molecule has 88 valence electrons. The van der Waals surface area contributed by atoms with E-state index in [4.69, 9.17) is 0 Å². The minimum absolute atomic E-state index is 0.577. The maximum absolute atomic E-state index is 4.56. The molecule has 0 saturated carbocycles. The third-order valence-corrected chi connectivity index (χ3v) is 2.96. The number of aryl methyl sites for hydroxylation is 1. The molecular formula is C13H21N3. The molecule has 0 radical (unpaired) electrons. The van der Waals surface area contributed by atoms with Crippen LogP contribution in [0.3, 0.4) is 0 Å². The van der Waals surface area contributed by atoms with Gasteiger partial charge in [0.25, 0.3) is 0 Å². The highest BCUT2D eigenvalue weighted by molar-refractivity contribution is 5.10. The molecule has 0 spiro atoms. The first kappa shape index (κ1) is 11.6. The van der Waals surface area contributed by atoms with Gasteiger partial charge in [0.1, 0.15) is 0 Å². The Morgan fingerprint density at radius 1 is 1.31 bits per heavy atom. The van der Waals surface area contributed by atoms with Crippen molar-refractivity contribution < 1.29 is 0 Å². The van der Waals surface area contributed by atoms with Crippen molar-refractivity contribution in [2.24, 2.45) is 0 Å². The van der Waals surface area contributed by atoms with E-state index in [9.17, 15) is 0 Å². The summed E-state index contributed by atoms with van der Waals surface area (Å²) in [7, 11) is 0. The number of aromatic nitrogens is 1. The smallest absolute Gasteiger partial charge is 0.0547 e. The van der Waals surface area contributed by atoms with Gasteiger partial charge in [-0.2, -0.15) is 0 Å². The zero-order valence-electron chi connectivity index (χ0n) is 10.4. The average molecular weight is 219 g/mol. The molecule has 0 aromatic carbocycles. The van der Waals surface area contributed by atoms with Crippen molar-refractivity contribution in [3.8, 4) is 0 Å². The molecule has 1 fully saturated rings. The molecule has 0 bridgehead atoms. The summed E-state index contributed by atoms with van der Waals surface area (Å²) in [4.78, 5) is 7.04. The fourth-order valence-corrected chi connectivity index (χ4v) is 2.49. The van der Waals surface area contributed by atoms with Gasteiger partial charge in [0.2, 0.25) is 0 Å². The van der Waals surface area contributed by atoms with Crippen molar-refractivity contribution in [1.29, 1.82) is 0 Å². The number of nitrogens with one attached hydrogen (secondary N) is 1. The van der Waals surface area contributed by atoms with E-state index in [0.29, 0.717) is 12.1 Å². The molecule has 1 saturated heterocycles. The summed E-state index contributed by atoms with van der Waals surface area (Å²) >= 11 is 0. The molecular weight excluding hydrogens is 198 g/mol. The summed E-state index contributed by atoms with van der Waals surface area (Å²) in [5.74, 6) is 0. The van der Waals surface area contributed by atoms with Crippen LogP contribution < -0.4 is 5.32 Å². The largest absolute Gasteiger partial charge is 0.309 e. The molecule has 3 heteroatoms. The fraction of sp³-hybridized carbons (Fsp3) is 0.615. The maximum atomic E-state index is 4.56. The predicted molar refractivity (Wildman–Crippen MR) is 66.3 cm³/mol. The Morgan fingerprint density at radius 2 is 2.00 bits per heavy atom. The summed E-state index contributed by atoms with van der Waals surface area (Å²) in [6, 6.07) is 7.41. The van der Waals surface area contributed by atoms with E-state index < -0.39 is 0 Å². The van der Waals surface area contributed by atoms with Gasteiger partial charge < -0.3 is 5.32 Å². The predicted octanol–water partition coefficient (Wildman–Crippen LogP) is 1.57. The van der Waals surface area contributed by atoms with E-state index in [2.05, 4.69) is 41.2 Å². The van der Waals surface area contributed by atoms with Crippen LogP contribution >= 0.6 is 0 Å². The van der Waals surface area contributed by atoms with Crippen molar-refractivity contribution in [1.82, 2.24) is 15.2 Å². The van der Waals surface area contributed by atoms with Crippen LogP contribution in [0.1, 0.15) is 25.2 Å². The molecule has 1 N–H and O–H groups in total. The van der Waals surface area contributed by atoms with Crippen LogP contribution in [0.15, 0.2) is 18.2 Å². The van der Waals surface area contributed by atoms with Crippen molar-refractivity contribution in [2.45, 2.75) is 39.4 Å². The lowest BCUT2D eigenvalue weighted by Gasteiger charge is -2.35. The minimum atomic E-state index is 0.577. The Kier molecular flexibility index (Phi) is 3.56. The number of piperazine rings is 1. The Morgan fingerprint density at radius 3 is 2.62 bits per heavy atom. The van der Waals surface area contributed by atoms with E-state index in [1.807, 2.05) is 13.0 Å². The van der Waals surface area contributed by atoms with Crippen LogP contribution in [-0.2, 0) is 6.54 Å². The number of pyridine rings is 1. The molecule has 1 aliphatic rings. The SMILES string of the molecule is Cc1cccc(CN2CC(C)NC(C)C2)n1. The van der Waals surface area contributed by atoms with Gasteiger partial charge in [-0.25, -0.2) is 0 Å². The highest BCUT2D eigenvalue weighted by Gasteiger charge is 2.20. The first-order valence-electron chi connectivity index (χ1n) is 6.04. The Labute approximate surface area is 97.9 Å². The lowest BCUT2D eigenvalue weighted by molar-refractivity contribution is 0.165. The molecule has 0 amide bonds. The van der Waals surface area contributed by atoms with Gasteiger partial charge in [-0.3, -0.25) is 9.88 Å². The van der Waals surface area contributed by atoms with Crippen LogP contribution in [0.4, 0.5) is 0 Å². The lowest BCUT2D eigenvalue weighted by Crippen LogP contribution is -2.53. The molecule has 2 unspecified atom stereocenters. The summed E-state index contributed by atoms with van der Waals surface area (Å²) in [6.07, 6.45) is 0. The normalized spacial score (nSPS) is 26.9. The number of hydrogen-bond acceptors (Lipinski definition) is 3. The highest BCUT2D eigenvalue weighted by atomic mass is 15.2.